The second-order valence-electron chi connectivity index (χ2n) is 2.80. The van der Waals surface area contributed by atoms with Gasteiger partial charge >= 0.3 is 29.6 Å². The molecule has 92 valence electrons. The Bertz CT molecular complexity index is 507. The minimum Gasteiger partial charge on any atom is -1.00 e. The normalized spacial score (nSPS) is 9.94. The number of nitro groups is 1. The first kappa shape index (κ1) is 18.6. The van der Waals surface area contributed by atoms with Gasteiger partial charge in [-0.25, -0.2) is 0 Å². The van der Waals surface area contributed by atoms with Crippen molar-refractivity contribution < 1.29 is 59.5 Å². The van der Waals surface area contributed by atoms with Gasteiger partial charge in [-0.15, -0.1) is 0 Å². The van der Waals surface area contributed by atoms with Crippen LogP contribution in [0, 0.1) is 10.1 Å². The van der Waals surface area contributed by atoms with Gasteiger partial charge in [-0.2, -0.15) is 8.42 Å². The Morgan fingerprint density at radius 3 is 2.35 bits per heavy atom. The molecule has 0 aromatic heterocycles. The van der Waals surface area contributed by atoms with Crippen molar-refractivity contribution in [2.45, 2.75) is 5.75 Å². The Labute approximate surface area is 120 Å². The molecule has 0 aliphatic heterocycles. The molecule has 8 nitrogen and oxygen atoms in total. The quantitative estimate of drug-likeness (QED) is 0.259. The molecule has 0 aliphatic rings. The van der Waals surface area contributed by atoms with Crippen molar-refractivity contribution in [2.24, 2.45) is 0 Å². The fourth-order valence-corrected chi connectivity index (χ4v) is 1.62. The molecular formula is C7H10NNaO7S. The van der Waals surface area contributed by atoms with Gasteiger partial charge in [-0.3, -0.25) is 14.7 Å². The van der Waals surface area contributed by atoms with Crippen LogP contribution in [0.25, 0.3) is 0 Å². The van der Waals surface area contributed by atoms with Crippen LogP contribution in [0.4, 0.5) is 5.69 Å². The molecule has 0 amide bonds. The number of phenolic OH excluding ortho intramolecular Hbond substituents is 1. The van der Waals surface area contributed by atoms with Crippen LogP contribution in [0.1, 0.15) is 6.99 Å². The van der Waals surface area contributed by atoms with Crippen molar-refractivity contribution in [1.82, 2.24) is 0 Å². The number of hydrogen-bond acceptors (Lipinski definition) is 5. The third-order valence-corrected chi connectivity index (χ3v) is 2.29. The van der Waals surface area contributed by atoms with Crippen LogP contribution in [-0.4, -0.2) is 28.5 Å². The first-order chi connectivity index (χ1) is 6.79. The summed E-state index contributed by atoms with van der Waals surface area (Å²) in [5.74, 6) is -1.28. The zero-order valence-corrected chi connectivity index (χ0v) is 11.6. The van der Waals surface area contributed by atoms with E-state index in [9.17, 15) is 23.6 Å². The molecule has 0 atom stereocenters. The fourth-order valence-electron chi connectivity index (χ4n) is 0.998. The molecule has 1 aromatic rings. The van der Waals surface area contributed by atoms with E-state index in [1.54, 1.807) is 0 Å². The van der Waals surface area contributed by atoms with E-state index in [0.29, 0.717) is 0 Å². The summed E-state index contributed by atoms with van der Waals surface area (Å²) in [5, 5.41) is 19.5. The molecule has 1 aromatic carbocycles. The van der Waals surface area contributed by atoms with Crippen molar-refractivity contribution in [2.75, 3.05) is 0 Å². The van der Waals surface area contributed by atoms with E-state index in [0.717, 1.165) is 18.2 Å². The molecule has 0 spiro atoms. The van der Waals surface area contributed by atoms with Crippen molar-refractivity contribution in [3.05, 3.63) is 33.9 Å². The summed E-state index contributed by atoms with van der Waals surface area (Å²) < 4.78 is 29.5. The third-order valence-electron chi connectivity index (χ3n) is 1.61. The van der Waals surface area contributed by atoms with E-state index in [4.69, 9.17) is 4.55 Å². The van der Waals surface area contributed by atoms with E-state index in [1.807, 2.05) is 0 Å². The van der Waals surface area contributed by atoms with Crippen LogP contribution in [0.5, 0.6) is 5.75 Å². The number of non-ortho nitro benzene ring substituents is 1. The summed E-state index contributed by atoms with van der Waals surface area (Å²) in [6, 6.07) is 2.92. The van der Waals surface area contributed by atoms with Gasteiger partial charge in [0.25, 0.3) is 15.8 Å². The first-order valence-corrected chi connectivity index (χ1v) is 5.32. The average Bonchev–Trinajstić information content (AvgIpc) is 2.06. The number of nitro benzene ring substituents is 1. The molecule has 4 N–H and O–H groups in total. The van der Waals surface area contributed by atoms with Gasteiger partial charge in [-0.1, -0.05) is 0 Å². The molecule has 0 radical (unpaired) electrons. The van der Waals surface area contributed by atoms with Gasteiger partial charge in [-0.05, 0) is 6.07 Å². The molecule has 0 unspecified atom stereocenters. The van der Waals surface area contributed by atoms with Gasteiger partial charge in [0.15, 0.2) is 0 Å². The summed E-state index contributed by atoms with van der Waals surface area (Å²) >= 11 is 0. The molecule has 10 heteroatoms. The standard InChI is InChI=1S/C7H7NO6S.Na.H2O.H/c9-7-2-1-6(8(10)11)3-5(7)4-15(12,13)14;;;/h1-3,9H,4H2,(H,12,13,14);;1H2;/q;+1;;-1. The van der Waals surface area contributed by atoms with Crippen LogP contribution in [0.15, 0.2) is 18.2 Å². The Kier molecular flexibility index (Phi) is 7.56. The third kappa shape index (κ3) is 5.96. The van der Waals surface area contributed by atoms with E-state index >= 15 is 0 Å². The van der Waals surface area contributed by atoms with Crippen LogP contribution in [-0.2, 0) is 15.9 Å². The zero-order chi connectivity index (χ0) is 11.6. The van der Waals surface area contributed by atoms with Gasteiger partial charge < -0.3 is 12.0 Å². The van der Waals surface area contributed by atoms with E-state index < -0.39 is 26.5 Å². The summed E-state index contributed by atoms with van der Waals surface area (Å²) in [6.45, 7) is 0. The topological polar surface area (TPSA) is 149 Å². The van der Waals surface area contributed by atoms with Crippen molar-refractivity contribution in [3.63, 3.8) is 0 Å². The molecular weight excluding hydrogens is 265 g/mol. The molecule has 0 saturated heterocycles. The predicted octanol–water partition coefficient (Wildman–Crippen LogP) is -3.02. The average molecular weight is 275 g/mol. The number of aromatic hydroxyl groups is 1. The molecule has 17 heavy (non-hydrogen) atoms. The number of hydrogen-bond donors (Lipinski definition) is 2. The van der Waals surface area contributed by atoms with Gasteiger partial charge in [0.2, 0.25) is 0 Å². The summed E-state index contributed by atoms with van der Waals surface area (Å²) in [5.41, 5.74) is -0.571. The van der Waals surface area contributed by atoms with Gasteiger partial charge in [0.1, 0.15) is 11.5 Å². The molecule has 0 heterocycles. The van der Waals surface area contributed by atoms with E-state index in [-0.39, 0.29) is 47.7 Å². The minimum atomic E-state index is -4.32. The summed E-state index contributed by atoms with van der Waals surface area (Å²) in [4.78, 5) is 9.61. The largest absolute Gasteiger partial charge is 1.00 e. The Morgan fingerprint density at radius 1 is 1.41 bits per heavy atom. The maximum atomic E-state index is 10.5. The molecule has 0 fully saturated rings. The predicted molar refractivity (Wildman–Crippen MR) is 54.7 cm³/mol. The van der Waals surface area contributed by atoms with E-state index in [2.05, 4.69) is 0 Å². The summed E-state index contributed by atoms with van der Waals surface area (Å²) in [6.07, 6.45) is 0. The number of benzene rings is 1. The minimum absolute atomic E-state index is 0. The monoisotopic (exact) mass is 275 g/mol. The number of phenols is 1. The first-order valence-electron chi connectivity index (χ1n) is 3.71. The second kappa shape index (κ2) is 6.89. The van der Waals surface area contributed by atoms with Crippen molar-refractivity contribution >= 4 is 15.8 Å². The second-order valence-corrected chi connectivity index (χ2v) is 4.25. The smallest absolute Gasteiger partial charge is 1.00 e. The Morgan fingerprint density at radius 2 is 1.94 bits per heavy atom. The Hall–Kier alpha value is -0.710. The Balaban J connectivity index is -0.000000750. The van der Waals surface area contributed by atoms with Crippen LogP contribution >= 0.6 is 0 Å². The SMILES string of the molecule is O.O=[N+]([O-])c1ccc(O)c(CS(=O)(=O)O)c1.[H-].[Na+]. The maximum absolute atomic E-state index is 10.5. The van der Waals surface area contributed by atoms with Crippen LogP contribution in [0.2, 0.25) is 0 Å². The fraction of sp³-hybridized carbons (Fsp3) is 0.143. The number of rotatable bonds is 3. The summed E-state index contributed by atoms with van der Waals surface area (Å²) in [7, 11) is -4.32. The van der Waals surface area contributed by atoms with Gasteiger partial charge in [0.05, 0.1) is 4.92 Å². The molecule has 0 saturated carbocycles. The van der Waals surface area contributed by atoms with Crippen molar-refractivity contribution in [1.29, 1.82) is 0 Å². The van der Waals surface area contributed by atoms with Crippen LogP contribution in [0.3, 0.4) is 0 Å². The number of nitrogens with zero attached hydrogens (tertiary/aromatic N) is 1. The molecule has 1 rings (SSSR count). The van der Waals surface area contributed by atoms with Gasteiger partial charge in [0, 0.05) is 17.7 Å². The zero-order valence-electron chi connectivity index (χ0n) is 9.82. The molecule has 0 aliphatic carbocycles. The van der Waals surface area contributed by atoms with Crippen molar-refractivity contribution in [3.8, 4) is 5.75 Å². The maximum Gasteiger partial charge on any atom is 1.00 e. The van der Waals surface area contributed by atoms with Crippen LogP contribution < -0.4 is 29.6 Å². The molecule has 0 bridgehead atoms. The van der Waals surface area contributed by atoms with E-state index in [1.165, 1.54) is 0 Å².